The van der Waals surface area contributed by atoms with Crippen molar-refractivity contribution in [2.24, 2.45) is 5.92 Å². The number of nitrogens with zero attached hydrogens (tertiary/aromatic N) is 3. The van der Waals surface area contributed by atoms with Gasteiger partial charge in [0.05, 0.1) is 0 Å². The summed E-state index contributed by atoms with van der Waals surface area (Å²) >= 11 is 1.24. The zero-order valence-electron chi connectivity index (χ0n) is 13.1. The highest BCUT2D eigenvalue weighted by Gasteiger charge is 2.55. The van der Waals surface area contributed by atoms with Crippen molar-refractivity contribution in [3.63, 3.8) is 0 Å². The number of carbonyl (C=O) groups is 3. The van der Waals surface area contributed by atoms with E-state index in [-0.39, 0.29) is 18.4 Å². The first-order valence-electron chi connectivity index (χ1n) is 7.66. The summed E-state index contributed by atoms with van der Waals surface area (Å²) in [7, 11) is 0. The number of aryl methyl sites for hydroxylation is 1. The summed E-state index contributed by atoms with van der Waals surface area (Å²) in [6.07, 6.45) is 3.49. The van der Waals surface area contributed by atoms with Gasteiger partial charge in [-0.05, 0) is 25.7 Å². The molecule has 1 saturated carbocycles. The Morgan fingerprint density at radius 3 is 2.87 bits per heavy atom. The topological polar surface area (TPSA) is 104 Å². The number of imide groups is 1. The van der Waals surface area contributed by atoms with E-state index in [1.165, 1.54) is 11.3 Å². The van der Waals surface area contributed by atoms with Gasteiger partial charge in [0.2, 0.25) is 11.0 Å². The van der Waals surface area contributed by atoms with Gasteiger partial charge >= 0.3 is 6.03 Å². The molecule has 3 rings (SSSR count). The van der Waals surface area contributed by atoms with Gasteiger partial charge in [0, 0.05) is 0 Å². The quantitative estimate of drug-likeness (QED) is 0.809. The van der Waals surface area contributed by atoms with Crippen molar-refractivity contribution in [3.05, 3.63) is 5.01 Å². The third kappa shape index (κ3) is 2.80. The molecule has 0 radical (unpaired) electrons. The predicted octanol–water partition coefficient (Wildman–Crippen LogP) is 1.29. The Bertz CT molecular complexity index is 661. The molecule has 1 saturated heterocycles. The minimum Gasteiger partial charge on any atom is -0.323 e. The van der Waals surface area contributed by atoms with Crippen LogP contribution in [0.4, 0.5) is 9.93 Å². The second kappa shape index (κ2) is 5.88. The molecule has 1 spiro atoms. The summed E-state index contributed by atoms with van der Waals surface area (Å²) in [6.45, 7) is 3.45. The van der Waals surface area contributed by atoms with E-state index in [1.807, 2.05) is 6.92 Å². The van der Waals surface area contributed by atoms with Gasteiger partial charge in [-0.15, -0.1) is 10.2 Å². The Kier molecular flexibility index (Phi) is 4.05. The van der Waals surface area contributed by atoms with Crippen LogP contribution in [0, 0.1) is 12.8 Å². The van der Waals surface area contributed by atoms with Gasteiger partial charge in [-0.1, -0.05) is 31.1 Å². The third-order valence-electron chi connectivity index (χ3n) is 4.58. The van der Waals surface area contributed by atoms with Crippen molar-refractivity contribution < 1.29 is 14.4 Å². The third-order valence-corrected chi connectivity index (χ3v) is 5.33. The predicted molar refractivity (Wildman–Crippen MR) is 83.9 cm³/mol. The smallest absolute Gasteiger partial charge is 0.323 e. The fourth-order valence-corrected chi connectivity index (χ4v) is 3.90. The van der Waals surface area contributed by atoms with E-state index < -0.39 is 17.5 Å². The summed E-state index contributed by atoms with van der Waals surface area (Å²) in [4.78, 5) is 38.0. The molecule has 2 atom stereocenters. The van der Waals surface area contributed by atoms with Gasteiger partial charge in [0.15, 0.2) is 0 Å². The van der Waals surface area contributed by atoms with Gasteiger partial charge in [0.25, 0.3) is 5.91 Å². The van der Waals surface area contributed by atoms with Gasteiger partial charge in [0.1, 0.15) is 17.1 Å². The molecule has 2 heterocycles. The summed E-state index contributed by atoms with van der Waals surface area (Å²) in [6, 6.07) is -0.493. The van der Waals surface area contributed by atoms with Gasteiger partial charge in [-0.25, -0.2) is 4.79 Å². The maximum absolute atomic E-state index is 12.7. The average Bonchev–Trinajstić information content (AvgIpc) is 3.00. The van der Waals surface area contributed by atoms with E-state index in [4.69, 9.17) is 0 Å². The summed E-state index contributed by atoms with van der Waals surface area (Å²) in [5.74, 6) is -0.671. The zero-order valence-corrected chi connectivity index (χ0v) is 13.9. The summed E-state index contributed by atoms with van der Waals surface area (Å²) in [5.41, 5.74) is -0.838. The lowest BCUT2D eigenvalue weighted by molar-refractivity contribution is -0.136. The van der Waals surface area contributed by atoms with E-state index >= 15 is 0 Å². The molecular weight excluding hydrogens is 318 g/mol. The number of carbonyl (C=O) groups excluding carboxylic acids is 3. The molecule has 0 aromatic carbocycles. The number of hydrogen-bond donors (Lipinski definition) is 2. The van der Waals surface area contributed by atoms with Crippen molar-refractivity contribution in [3.8, 4) is 0 Å². The van der Waals surface area contributed by atoms with Crippen molar-refractivity contribution in [2.75, 3.05) is 11.9 Å². The van der Waals surface area contributed by atoms with E-state index in [0.717, 1.165) is 29.2 Å². The Morgan fingerprint density at radius 1 is 1.43 bits per heavy atom. The van der Waals surface area contributed by atoms with Gasteiger partial charge < -0.3 is 5.32 Å². The number of rotatable bonds is 3. The first-order valence-corrected chi connectivity index (χ1v) is 8.48. The Labute approximate surface area is 137 Å². The molecule has 8 nitrogen and oxygen atoms in total. The molecule has 1 aromatic heterocycles. The van der Waals surface area contributed by atoms with Crippen LogP contribution in [0.5, 0.6) is 0 Å². The fourth-order valence-electron chi connectivity index (χ4n) is 3.29. The van der Waals surface area contributed by atoms with Gasteiger partial charge in [-0.3, -0.25) is 19.8 Å². The number of nitrogens with one attached hydrogen (secondary N) is 2. The van der Waals surface area contributed by atoms with E-state index in [0.29, 0.717) is 11.6 Å². The maximum atomic E-state index is 12.7. The SMILES string of the molecule is Cc1nnc(NC(=O)CN2C(=O)N[C@]3(CCCC[C@H]3C)C2=O)s1. The van der Waals surface area contributed by atoms with Crippen molar-refractivity contribution in [2.45, 2.75) is 45.1 Å². The normalized spacial score (nSPS) is 27.4. The summed E-state index contributed by atoms with van der Waals surface area (Å²) < 4.78 is 0. The second-order valence-electron chi connectivity index (χ2n) is 6.11. The molecule has 23 heavy (non-hydrogen) atoms. The summed E-state index contributed by atoms with van der Waals surface area (Å²) in [5, 5.41) is 14.1. The van der Waals surface area contributed by atoms with Crippen LogP contribution >= 0.6 is 11.3 Å². The van der Waals surface area contributed by atoms with Crippen LogP contribution in [0.1, 0.15) is 37.6 Å². The van der Waals surface area contributed by atoms with E-state index in [2.05, 4.69) is 20.8 Å². The Balaban J connectivity index is 1.69. The zero-order chi connectivity index (χ0) is 16.6. The molecule has 124 valence electrons. The van der Waals surface area contributed by atoms with Crippen LogP contribution in [-0.4, -0.2) is 45.0 Å². The molecule has 0 bridgehead atoms. The van der Waals surface area contributed by atoms with Crippen molar-refractivity contribution in [1.82, 2.24) is 20.4 Å². The number of anilines is 1. The number of urea groups is 1. The minimum atomic E-state index is -0.838. The molecule has 9 heteroatoms. The lowest BCUT2D eigenvalue weighted by Gasteiger charge is -2.36. The largest absolute Gasteiger partial charge is 0.325 e. The monoisotopic (exact) mass is 337 g/mol. The second-order valence-corrected chi connectivity index (χ2v) is 7.30. The molecule has 1 aliphatic heterocycles. The Hall–Kier alpha value is -2.03. The average molecular weight is 337 g/mol. The van der Waals surface area contributed by atoms with Crippen molar-refractivity contribution >= 4 is 34.3 Å². The van der Waals surface area contributed by atoms with Crippen LogP contribution in [0.3, 0.4) is 0 Å². The molecule has 2 aliphatic rings. The molecular formula is C14H19N5O3S. The standard InChI is InChI=1S/C14H19N5O3S/c1-8-5-3-4-6-14(8)11(21)19(13(22)16-14)7-10(20)15-12-18-17-9(2)23-12/h8H,3-7H2,1-2H3,(H,16,22)(H,15,18,20)/t8-,14+/m1/s1. The number of hydrogen-bond acceptors (Lipinski definition) is 6. The first kappa shape index (κ1) is 15.9. The van der Waals surface area contributed by atoms with Gasteiger partial charge in [-0.2, -0.15) is 0 Å². The van der Waals surface area contributed by atoms with Crippen molar-refractivity contribution in [1.29, 1.82) is 0 Å². The molecule has 2 N–H and O–H groups in total. The van der Waals surface area contributed by atoms with Crippen LogP contribution < -0.4 is 10.6 Å². The molecule has 0 unspecified atom stereocenters. The van der Waals surface area contributed by atoms with E-state index in [1.54, 1.807) is 6.92 Å². The maximum Gasteiger partial charge on any atom is 0.325 e. The highest BCUT2D eigenvalue weighted by Crippen LogP contribution is 2.38. The fraction of sp³-hybridized carbons (Fsp3) is 0.643. The first-order chi connectivity index (χ1) is 10.9. The van der Waals surface area contributed by atoms with Crippen LogP contribution in [0.15, 0.2) is 0 Å². The molecule has 4 amide bonds. The molecule has 2 fully saturated rings. The molecule has 1 aromatic rings. The lowest BCUT2D eigenvalue weighted by atomic mass is 9.73. The highest BCUT2D eigenvalue weighted by molar-refractivity contribution is 7.15. The Morgan fingerprint density at radius 2 is 2.22 bits per heavy atom. The molecule has 1 aliphatic carbocycles. The van der Waals surface area contributed by atoms with Crippen LogP contribution in [0.2, 0.25) is 0 Å². The minimum absolute atomic E-state index is 0.0755. The van der Waals surface area contributed by atoms with E-state index in [9.17, 15) is 14.4 Å². The lowest BCUT2D eigenvalue weighted by Crippen LogP contribution is -2.54. The number of aromatic nitrogens is 2. The van der Waals surface area contributed by atoms with Crippen LogP contribution in [-0.2, 0) is 9.59 Å². The van der Waals surface area contributed by atoms with Crippen LogP contribution in [0.25, 0.3) is 0 Å². The highest BCUT2D eigenvalue weighted by atomic mass is 32.1. The number of amides is 4.